The van der Waals surface area contributed by atoms with Gasteiger partial charge in [-0.05, 0) is 37.5 Å². The second-order valence-corrected chi connectivity index (χ2v) is 4.24. The molecule has 0 unspecified atom stereocenters. The summed E-state index contributed by atoms with van der Waals surface area (Å²) in [6.45, 7) is 1.68. The number of hydrogen-bond donors (Lipinski definition) is 2. The van der Waals surface area contributed by atoms with E-state index in [4.69, 9.17) is 11.5 Å². The van der Waals surface area contributed by atoms with E-state index in [1.165, 1.54) is 6.42 Å². The van der Waals surface area contributed by atoms with Crippen LogP contribution in [-0.2, 0) is 0 Å². The van der Waals surface area contributed by atoms with Crippen LogP contribution in [0.15, 0.2) is 18.2 Å². The molecule has 1 amide bonds. The average molecular weight is 219 g/mol. The summed E-state index contributed by atoms with van der Waals surface area (Å²) in [4.78, 5) is 14.0. The van der Waals surface area contributed by atoms with Crippen molar-refractivity contribution in [1.29, 1.82) is 0 Å². The summed E-state index contributed by atoms with van der Waals surface area (Å²) < 4.78 is 0. The van der Waals surface area contributed by atoms with Gasteiger partial charge in [-0.25, -0.2) is 0 Å². The Hall–Kier alpha value is -1.71. The number of benzene rings is 1. The molecule has 4 heteroatoms. The summed E-state index contributed by atoms with van der Waals surface area (Å²) in [7, 11) is 0. The van der Waals surface area contributed by atoms with Gasteiger partial charge < -0.3 is 16.4 Å². The minimum atomic E-state index is 0.0405. The van der Waals surface area contributed by atoms with E-state index in [2.05, 4.69) is 0 Å². The lowest BCUT2D eigenvalue weighted by atomic mass is 10.1. The highest BCUT2D eigenvalue weighted by Crippen LogP contribution is 2.18. The quantitative estimate of drug-likeness (QED) is 0.703. The molecule has 16 heavy (non-hydrogen) atoms. The summed E-state index contributed by atoms with van der Waals surface area (Å²) in [6, 6.07) is 5.04. The lowest BCUT2D eigenvalue weighted by Gasteiger charge is -2.26. The van der Waals surface area contributed by atoms with Crippen molar-refractivity contribution >= 4 is 17.3 Å². The highest BCUT2D eigenvalue weighted by molar-refractivity contribution is 5.96. The van der Waals surface area contributed by atoms with Crippen molar-refractivity contribution in [2.45, 2.75) is 19.3 Å². The van der Waals surface area contributed by atoms with Crippen LogP contribution in [0.3, 0.4) is 0 Å². The van der Waals surface area contributed by atoms with Crippen molar-refractivity contribution in [1.82, 2.24) is 4.90 Å². The number of carbonyl (C=O) groups is 1. The normalized spacial score (nSPS) is 16.1. The highest BCUT2D eigenvalue weighted by atomic mass is 16.2. The first-order valence-electron chi connectivity index (χ1n) is 5.62. The van der Waals surface area contributed by atoms with E-state index < -0.39 is 0 Å². The van der Waals surface area contributed by atoms with Crippen LogP contribution < -0.4 is 11.5 Å². The number of anilines is 2. The Morgan fingerprint density at radius 1 is 1.00 bits per heavy atom. The van der Waals surface area contributed by atoms with Crippen molar-refractivity contribution in [3.8, 4) is 0 Å². The van der Waals surface area contributed by atoms with Gasteiger partial charge in [0.15, 0.2) is 0 Å². The second-order valence-electron chi connectivity index (χ2n) is 4.24. The van der Waals surface area contributed by atoms with Gasteiger partial charge in [-0.2, -0.15) is 0 Å². The van der Waals surface area contributed by atoms with Crippen LogP contribution in [0.1, 0.15) is 29.6 Å². The van der Waals surface area contributed by atoms with Gasteiger partial charge in [0, 0.05) is 30.0 Å². The Balaban J connectivity index is 2.19. The molecule has 86 valence electrons. The Kier molecular flexibility index (Phi) is 2.99. The molecule has 0 radical (unpaired) electrons. The van der Waals surface area contributed by atoms with Gasteiger partial charge in [0.2, 0.25) is 0 Å². The molecule has 1 aliphatic rings. The van der Waals surface area contributed by atoms with Crippen molar-refractivity contribution in [2.75, 3.05) is 24.6 Å². The topological polar surface area (TPSA) is 72.3 Å². The molecule has 0 bridgehead atoms. The zero-order chi connectivity index (χ0) is 11.5. The first kappa shape index (κ1) is 10.8. The van der Waals surface area contributed by atoms with E-state index in [1.54, 1.807) is 18.2 Å². The van der Waals surface area contributed by atoms with Gasteiger partial charge in [0.05, 0.1) is 0 Å². The van der Waals surface area contributed by atoms with Gasteiger partial charge in [-0.3, -0.25) is 4.79 Å². The first-order chi connectivity index (χ1) is 7.66. The number of nitrogens with two attached hydrogens (primary N) is 2. The minimum absolute atomic E-state index is 0.0405. The molecule has 1 aromatic rings. The van der Waals surface area contributed by atoms with Gasteiger partial charge >= 0.3 is 0 Å². The van der Waals surface area contributed by atoms with Crippen molar-refractivity contribution in [2.24, 2.45) is 0 Å². The maximum absolute atomic E-state index is 12.1. The monoisotopic (exact) mass is 219 g/mol. The van der Waals surface area contributed by atoms with Crippen LogP contribution >= 0.6 is 0 Å². The SMILES string of the molecule is Nc1cc(N)cc(C(=O)N2CCCCC2)c1. The van der Waals surface area contributed by atoms with Crippen LogP contribution in [0.5, 0.6) is 0 Å². The predicted octanol–water partition coefficient (Wildman–Crippen LogP) is 1.48. The van der Waals surface area contributed by atoms with Gasteiger partial charge in [-0.15, -0.1) is 0 Å². The smallest absolute Gasteiger partial charge is 0.254 e. The summed E-state index contributed by atoms with van der Waals surface area (Å²) in [5.41, 5.74) is 13.0. The lowest BCUT2D eigenvalue weighted by molar-refractivity contribution is 0.0724. The van der Waals surface area contributed by atoms with E-state index in [0.29, 0.717) is 16.9 Å². The summed E-state index contributed by atoms with van der Waals surface area (Å²) in [6.07, 6.45) is 3.38. The Morgan fingerprint density at radius 2 is 1.56 bits per heavy atom. The van der Waals surface area contributed by atoms with E-state index in [1.807, 2.05) is 4.90 Å². The van der Waals surface area contributed by atoms with Crippen LogP contribution in [0.2, 0.25) is 0 Å². The van der Waals surface area contributed by atoms with Gasteiger partial charge in [-0.1, -0.05) is 0 Å². The van der Waals surface area contributed by atoms with E-state index in [-0.39, 0.29) is 5.91 Å². The fraction of sp³-hybridized carbons (Fsp3) is 0.417. The number of nitrogens with zero attached hydrogens (tertiary/aromatic N) is 1. The number of rotatable bonds is 1. The number of likely N-dealkylation sites (tertiary alicyclic amines) is 1. The molecule has 1 aliphatic heterocycles. The summed E-state index contributed by atoms with van der Waals surface area (Å²) in [5, 5.41) is 0. The van der Waals surface area contributed by atoms with Crippen LogP contribution in [0.25, 0.3) is 0 Å². The third-order valence-electron chi connectivity index (χ3n) is 2.87. The fourth-order valence-electron chi connectivity index (χ4n) is 2.08. The van der Waals surface area contributed by atoms with E-state index in [9.17, 15) is 4.79 Å². The molecule has 2 rings (SSSR count). The maximum atomic E-state index is 12.1. The predicted molar refractivity (Wildman–Crippen MR) is 65.0 cm³/mol. The Morgan fingerprint density at radius 3 is 2.12 bits per heavy atom. The molecular formula is C12H17N3O. The van der Waals surface area contributed by atoms with Crippen LogP contribution in [-0.4, -0.2) is 23.9 Å². The first-order valence-corrected chi connectivity index (χ1v) is 5.62. The molecule has 4 nitrogen and oxygen atoms in total. The molecule has 0 atom stereocenters. The van der Waals surface area contributed by atoms with Gasteiger partial charge in [0.25, 0.3) is 5.91 Å². The molecule has 1 aromatic carbocycles. The van der Waals surface area contributed by atoms with E-state index in [0.717, 1.165) is 25.9 Å². The summed E-state index contributed by atoms with van der Waals surface area (Å²) in [5.74, 6) is 0.0405. The number of amides is 1. The molecule has 0 aromatic heterocycles. The number of nitrogen functional groups attached to an aromatic ring is 2. The maximum Gasteiger partial charge on any atom is 0.254 e. The number of carbonyl (C=O) groups excluding carboxylic acids is 1. The van der Waals surface area contributed by atoms with Crippen LogP contribution in [0.4, 0.5) is 11.4 Å². The molecule has 0 saturated carbocycles. The largest absolute Gasteiger partial charge is 0.399 e. The molecule has 4 N–H and O–H groups in total. The Labute approximate surface area is 95.2 Å². The number of piperidine rings is 1. The van der Waals surface area contributed by atoms with Crippen molar-refractivity contribution < 1.29 is 4.79 Å². The van der Waals surface area contributed by atoms with Gasteiger partial charge in [0.1, 0.15) is 0 Å². The fourth-order valence-corrected chi connectivity index (χ4v) is 2.08. The van der Waals surface area contributed by atoms with Crippen molar-refractivity contribution in [3.05, 3.63) is 23.8 Å². The zero-order valence-electron chi connectivity index (χ0n) is 9.28. The molecular weight excluding hydrogens is 202 g/mol. The Bertz CT molecular complexity index is 377. The lowest BCUT2D eigenvalue weighted by Crippen LogP contribution is -2.35. The molecule has 1 fully saturated rings. The number of hydrogen-bond acceptors (Lipinski definition) is 3. The third-order valence-corrected chi connectivity index (χ3v) is 2.87. The highest BCUT2D eigenvalue weighted by Gasteiger charge is 2.18. The minimum Gasteiger partial charge on any atom is -0.399 e. The average Bonchev–Trinajstić information content (AvgIpc) is 2.28. The van der Waals surface area contributed by atoms with Crippen molar-refractivity contribution in [3.63, 3.8) is 0 Å². The third kappa shape index (κ3) is 2.27. The molecule has 1 saturated heterocycles. The van der Waals surface area contributed by atoms with E-state index >= 15 is 0 Å². The molecule has 1 heterocycles. The second kappa shape index (κ2) is 4.43. The zero-order valence-corrected chi connectivity index (χ0v) is 9.28. The summed E-state index contributed by atoms with van der Waals surface area (Å²) >= 11 is 0. The molecule has 0 spiro atoms. The molecule has 0 aliphatic carbocycles. The van der Waals surface area contributed by atoms with Crippen LogP contribution in [0, 0.1) is 0 Å². The standard InChI is InChI=1S/C12H17N3O/c13-10-6-9(7-11(14)8-10)12(16)15-4-2-1-3-5-15/h6-8H,1-5,13-14H2.